The summed E-state index contributed by atoms with van der Waals surface area (Å²) in [6.45, 7) is 3.40. The molecule has 0 N–H and O–H groups in total. The van der Waals surface area contributed by atoms with E-state index in [4.69, 9.17) is 9.47 Å². The number of amides is 1. The lowest BCUT2D eigenvalue weighted by Crippen LogP contribution is -2.45. The van der Waals surface area contributed by atoms with Crippen LogP contribution in [0, 0.1) is 5.92 Å². The molecule has 2 saturated heterocycles. The number of nitrogens with zero attached hydrogens (tertiary/aromatic N) is 2. The van der Waals surface area contributed by atoms with Crippen LogP contribution in [0.25, 0.3) is 0 Å². The lowest BCUT2D eigenvalue weighted by molar-refractivity contribution is -0.133. The molecule has 2 heterocycles. The summed E-state index contributed by atoms with van der Waals surface area (Å²) in [6, 6.07) is 6.12. The van der Waals surface area contributed by atoms with E-state index in [0.717, 1.165) is 0 Å². The first-order chi connectivity index (χ1) is 11.4. The van der Waals surface area contributed by atoms with Gasteiger partial charge in [0.2, 0.25) is 15.9 Å². The summed E-state index contributed by atoms with van der Waals surface area (Å²) in [5, 5.41) is 0. The van der Waals surface area contributed by atoms with E-state index in [9.17, 15) is 13.2 Å². The maximum absolute atomic E-state index is 13.0. The minimum absolute atomic E-state index is 0.0538. The van der Waals surface area contributed by atoms with Crippen LogP contribution >= 0.6 is 0 Å². The van der Waals surface area contributed by atoms with Gasteiger partial charge in [-0.2, -0.15) is 4.31 Å². The molecule has 0 unspecified atom stereocenters. The van der Waals surface area contributed by atoms with E-state index < -0.39 is 15.9 Å². The Morgan fingerprint density at radius 1 is 1.21 bits per heavy atom. The molecule has 1 aromatic carbocycles. The molecule has 0 aromatic heterocycles. The summed E-state index contributed by atoms with van der Waals surface area (Å²) in [5.74, 6) is 0.120. The molecule has 7 nitrogen and oxygen atoms in total. The number of sulfonamides is 1. The normalized spacial score (nSPS) is 25.4. The van der Waals surface area contributed by atoms with E-state index in [1.807, 2.05) is 6.92 Å². The maximum Gasteiger partial charge on any atom is 0.243 e. The van der Waals surface area contributed by atoms with Crippen LogP contribution in [-0.4, -0.2) is 69.5 Å². The van der Waals surface area contributed by atoms with Crippen LogP contribution in [0.15, 0.2) is 29.2 Å². The smallest absolute Gasteiger partial charge is 0.243 e. The zero-order chi connectivity index (χ0) is 17.3. The van der Waals surface area contributed by atoms with E-state index >= 15 is 0 Å². The van der Waals surface area contributed by atoms with Crippen molar-refractivity contribution in [3.8, 4) is 5.75 Å². The highest BCUT2D eigenvalue weighted by Gasteiger charge is 2.41. The minimum atomic E-state index is -3.66. The summed E-state index contributed by atoms with van der Waals surface area (Å²) in [7, 11) is -1.95. The third-order valence-corrected chi connectivity index (χ3v) is 6.33. The molecule has 2 atom stereocenters. The number of hydrogen-bond acceptors (Lipinski definition) is 5. The average Bonchev–Trinajstić information content (AvgIpc) is 2.74. The second-order valence-electron chi connectivity index (χ2n) is 6.06. The number of likely N-dealkylation sites (N-methyl/N-ethyl adjacent to an activating group) is 1. The summed E-state index contributed by atoms with van der Waals surface area (Å²) < 4.78 is 38.2. The van der Waals surface area contributed by atoms with Crippen LogP contribution in [0.2, 0.25) is 0 Å². The van der Waals surface area contributed by atoms with Gasteiger partial charge in [-0.3, -0.25) is 4.79 Å². The molecule has 1 amide bonds. The molecule has 2 bridgehead atoms. The van der Waals surface area contributed by atoms with Crippen molar-refractivity contribution in [2.45, 2.75) is 17.9 Å². The molecule has 2 fully saturated rings. The standard InChI is InChI=1S/C16H22N2O5S/c1-3-23-14-4-6-15(7-5-14)24(20,21)18-8-12-10-22-11-13(9-18)17(2)16(12)19/h4-7,12-13H,3,8-11H2,1-2H3/t12-,13+/m1/s1. The Hall–Kier alpha value is -1.64. The third kappa shape index (κ3) is 3.13. The highest BCUT2D eigenvalue weighted by molar-refractivity contribution is 7.89. The van der Waals surface area contributed by atoms with Gasteiger partial charge in [0.15, 0.2) is 0 Å². The van der Waals surface area contributed by atoms with Crippen molar-refractivity contribution in [3.05, 3.63) is 24.3 Å². The maximum atomic E-state index is 13.0. The highest BCUT2D eigenvalue weighted by atomic mass is 32.2. The number of rotatable bonds is 4. The molecule has 0 aliphatic carbocycles. The quantitative estimate of drug-likeness (QED) is 0.790. The van der Waals surface area contributed by atoms with Crippen molar-refractivity contribution in [1.29, 1.82) is 0 Å². The molecule has 24 heavy (non-hydrogen) atoms. The Morgan fingerprint density at radius 3 is 2.58 bits per heavy atom. The molecule has 132 valence electrons. The Balaban J connectivity index is 1.88. The number of benzene rings is 1. The van der Waals surface area contributed by atoms with Crippen molar-refractivity contribution in [2.24, 2.45) is 5.92 Å². The molecule has 0 spiro atoms. The van der Waals surface area contributed by atoms with Gasteiger partial charge in [0.1, 0.15) is 5.75 Å². The van der Waals surface area contributed by atoms with E-state index in [1.54, 1.807) is 36.2 Å². The topological polar surface area (TPSA) is 76.2 Å². The van der Waals surface area contributed by atoms with Crippen LogP contribution in [0.5, 0.6) is 5.75 Å². The molecule has 8 heteroatoms. The number of hydrogen-bond donors (Lipinski definition) is 0. The number of carbonyl (C=O) groups is 1. The van der Waals surface area contributed by atoms with Gasteiger partial charge in [-0.15, -0.1) is 0 Å². The van der Waals surface area contributed by atoms with Crippen LogP contribution < -0.4 is 4.74 Å². The first kappa shape index (κ1) is 17.2. The van der Waals surface area contributed by atoms with Crippen LogP contribution in [0.3, 0.4) is 0 Å². The fourth-order valence-corrected chi connectivity index (χ4v) is 4.60. The van der Waals surface area contributed by atoms with Gasteiger partial charge in [0, 0.05) is 20.1 Å². The number of carbonyl (C=O) groups excluding carboxylic acids is 1. The zero-order valence-corrected chi connectivity index (χ0v) is 14.7. The van der Waals surface area contributed by atoms with Gasteiger partial charge in [-0.05, 0) is 31.2 Å². The molecule has 0 saturated carbocycles. The Labute approximate surface area is 142 Å². The van der Waals surface area contributed by atoms with Gasteiger partial charge < -0.3 is 14.4 Å². The lowest BCUT2D eigenvalue weighted by atomic mass is 10.1. The van der Waals surface area contributed by atoms with Crippen molar-refractivity contribution < 1.29 is 22.7 Å². The molecule has 3 rings (SSSR count). The lowest BCUT2D eigenvalue weighted by Gasteiger charge is -2.28. The van der Waals surface area contributed by atoms with E-state index in [-0.39, 0.29) is 36.5 Å². The predicted molar refractivity (Wildman–Crippen MR) is 87.2 cm³/mol. The van der Waals surface area contributed by atoms with Gasteiger partial charge in [0.05, 0.1) is 36.7 Å². The first-order valence-corrected chi connectivity index (χ1v) is 9.45. The Bertz CT molecular complexity index is 704. The molecule has 2 aliphatic heterocycles. The average molecular weight is 354 g/mol. The van der Waals surface area contributed by atoms with Crippen LogP contribution in [0.1, 0.15) is 6.92 Å². The van der Waals surface area contributed by atoms with Crippen LogP contribution in [-0.2, 0) is 19.6 Å². The molecule has 2 aliphatic rings. The van der Waals surface area contributed by atoms with E-state index in [1.165, 1.54) is 4.31 Å². The second kappa shape index (κ2) is 6.70. The van der Waals surface area contributed by atoms with Crippen molar-refractivity contribution in [1.82, 2.24) is 9.21 Å². The highest BCUT2D eigenvalue weighted by Crippen LogP contribution is 2.26. The van der Waals surface area contributed by atoms with Gasteiger partial charge in [-0.25, -0.2) is 8.42 Å². The Kier molecular flexibility index (Phi) is 4.80. The van der Waals surface area contributed by atoms with Crippen LogP contribution in [0.4, 0.5) is 0 Å². The molecular formula is C16H22N2O5S. The minimum Gasteiger partial charge on any atom is -0.494 e. The predicted octanol–water partition coefficient (Wildman–Crippen LogP) is 0.563. The number of fused-ring (bicyclic) bond motifs is 3. The summed E-state index contributed by atoms with van der Waals surface area (Å²) in [4.78, 5) is 14.2. The summed E-state index contributed by atoms with van der Waals surface area (Å²) in [6.07, 6.45) is 0. The van der Waals surface area contributed by atoms with Crippen molar-refractivity contribution in [2.75, 3.05) is 40.0 Å². The largest absolute Gasteiger partial charge is 0.494 e. The molecule has 0 radical (unpaired) electrons. The van der Waals surface area contributed by atoms with E-state index in [0.29, 0.717) is 19.0 Å². The summed E-state index contributed by atoms with van der Waals surface area (Å²) in [5.41, 5.74) is 0. The van der Waals surface area contributed by atoms with Gasteiger partial charge in [0.25, 0.3) is 0 Å². The van der Waals surface area contributed by atoms with Crippen molar-refractivity contribution >= 4 is 15.9 Å². The van der Waals surface area contributed by atoms with Gasteiger partial charge in [-0.1, -0.05) is 0 Å². The van der Waals surface area contributed by atoms with E-state index in [2.05, 4.69) is 0 Å². The zero-order valence-electron chi connectivity index (χ0n) is 13.8. The number of ether oxygens (including phenoxy) is 2. The molecular weight excluding hydrogens is 332 g/mol. The Morgan fingerprint density at radius 2 is 1.92 bits per heavy atom. The first-order valence-electron chi connectivity index (χ1n) is 8.01. The molecule has 1 aromatic rings. The fraction of sp³-hybridized carbons (Fsp3) is 0.562. The fourth-order valence-electron chi connectivity index (χ4n) is 3.08. The monoisotopic (exact) mass is 354 g/mol. The third-order valence-electron chi connectivity index (χ3n) is 4.48. The van der Waals surface area contributed by atoms with Crippen molar-refractivity contribution in [3.63, 3.8) is 0 Å². The SMILES string of the molecule is CCOc1ccc(S(=O)(=O)N2C[C@@H]3COC[C@H](C2)N(C)C3=O)cc1. The second-order valence-corrected chi connectivity index (χ2v) is 8.00. The van der Waals surface area contributed by atoms with Gasteiger partial charge >= 0.3 is 0 Å². The summed E-state index contributed by atoms with van der Waals surface area (Å²) >= 11 is 0.